The number of amidine groups is 1. The summed E-state index contributed by atoms with van der Waals surface area (Å²) < 4.78 is 6.06. The van der Waals surface area contributed by atoms with Crippen LogP contribution in [0.25, 0.3) is 0 Å². The second kappa shape index (κ2) is 8.19. The second-order valence-electron chi connectivity index (χ2n) is 4.31. The number of carbonyl (C=O) groups is 1. The SMILES string of the molecule is N/C(=N/OC(=O)COc1ccc(Br)cc1Cl)c1ccc(Cl)cc1. The Hall–Kier alpha value is -1.76. The van der Waals surface area contributed by atoms with Crippen LogP contribution in [-0.4, -0.2) is 18.4 Å². The van der Waals surface area contributed by atoms with Gasteiger partial charge in [-0.2, -0.15) is 0 Å². The summed E-state index contributed by atoms with van der Waals surface area (Å²) in [5.41, 5.74) is 6.29. The van der Waals surface area contributed by atoms with Crippen LogP contribution in [0.1, 0.15) is 5.56 Å². The maximum Gasteiger partial charge on any atom is 0.372 e. The molecule has 0 bridgehead atoms. The summed E-state index contributed by atoms with van der Waals surface area (Å²) in [6.07, 6.45) is 0. The van der Waals surface area contributed by atoms with E-state index in [0.717, 1.165) is 4.47 Å². The van der Waals surface area contributed by atoms with Crippen molar-refractivity contribution in [2.45, 2.75) is 0 Å². The van der Waals surface area contributed by atoms with Crippen LogP contribution >= 0.6 is 39.1 Å². The number of ether oxygens (including phenoxy) is 1. The number of halogens is 3. The molecule has 0 saturated carbocycles. The van der Waals surface area contributed by atoms with E-state index in [1.165, 1.54) is 0 Å². The highest BCUT2D eigenvalue weighted by molar-refractivity contribution is 9.10. The molecular formula is C15H11BrCl2N2O3. The molecule has 0 radical (unpaired) electrons. The van der Waals surface area contributed by atoms with Crippen LogP contribution in [0.15, 0.2) is 52.1 Å². The molecule has 2 rings (SSSR count). The van der Waals surface area contributed by atoms with Gasteiger partial charge in [0.25, 0.3) is 0 Å². The summed E-state index contributed by atoms with van der Waals surface area (Å²) in [5, 5.41) is 4.49. The van der Waals surface area contributed by atoms with E-state index in [4.69, 9.17) is 33.7 Å². The molecule has 0 spiro atoms. The predicted molar refractivity (Wildman–Crippen MR) is 92.9 cm³/mol. The summed E-state index contributed by atoms with van der Waals surface area (Å²) in [5.74, 6) is -0.293. The van der Waals surface area contributed by atoms with Crippen molar-refractivity contribution >= 4 is 50.9 Å². The van der Waals surface area contributed by atoms with Gasteiger partial charge >= 0.3 is 5.97 Å². The van der Waals surface area contributed by atoms with Gasteiger partial charge in [0, 0.05) is 15.1 Å². The molecule has 2 aromatic carbocycles. The number of nitrogens with two attached hydrogens (primary N) is 1. The summed E-state index contributed by atoms with van der Waals surface area (Å²) >= 11 is 15.0. The van der Waals surface area contributed by atoms with Gasteiger partial charge in [-0.05, 0) is 42.5 Å². The van der Waals surface area contributed by atoms with Gasteiger partial charge in [0.05, 0.1) is 5.02 Å². The Labute approximate surface area is 151 Å². The molecule has 0 fully saturated rings. The Morgan fingerprint density at radius 1 is 1.17 bits per heavy atom. The molecule has 0 unspecified atom stereocenters. The topological polar surface area (TPSA) is 73.9 Å². The molecule has 23 heavy (non-hydrogen) atoms. The van der Waals surface area contributed by atoms with Gasteiger partial charge in [-0.3, -0.25) is 0 Å². The van der Waals surface area contributed by atoms with Crippen LogP contribution in [0.2, 0.25) is 10.0 Å². The van der Waals surface area contributed by atoms with Gasteiger partial charge < -0.3 is 15.3 Å². The summed E-state index contributed by atoms with van der Waals surface area (Å²) in [6.45, 7) is -0.348. The molecule has 0 heterocycles. The van der Waals surface area contributed by atoms with Crippen LogP contribution in [0.4, 0.5) is 0 Å². The van der Waals surface area contributed by atoms with E-state index in [0.29, 0.717) is 21.4 Å². The molecule has 0 aromatic heterocycles. The summed E-state index contributed by atoms with van der Waals surface area (Å²) in [7, 11) is 0. The van der Waals surface area contributed by atoms with E-state index < -0.39 is 5.97 Å². The Balaban J connectivity index is 1.89. The van der Waals surface area contributed by atoms with Gasteiger partial charge in [-0.25, -0.2) is 4.79 Å². The molecule has 0 aliphatic rings. The molecule has 0 saturated heterocycles. The quantitative estimate of drug-likeness (QED) is 0.345. The summed E-state index contributed by atoms with van der Waals surface area (Å²) in [4.78, 5) is 16.3. The van der Waals surface area contributed by atoms with Crippen LogP contribution in [0, 0.1) is 0 Å². The van der Waals surface area contributed by atoms with E-state index in [1.807, 2.05) is 0 Å². The van der Waals surface area contributed by atoms with Crippen molar-refractivity contribution in [1.29, 1.82) is 0 Å². The standard InChI is InChI=1S/C15H11BrCl2N2O3/c16-10-3-6-13(12(18)7-10)22-8-14(21)23-20-15(19)9-1-4-11(17)5-2-9/h1-7H,8H2,(H2,19,20). The number of hydrogen-bond acceptors (Lipinski definition) is 4. The van der Waals surface area contributed by atoms with Crippen molar-refractivity contribution < 1.29 is 14.4 Å². The van der Waals surface area contributed by atoms with Crippen LogP contribution in [-0.2, 0) is 9.63 Å². The normalized spacial score (nSPS) is 11.2. The third-order valence-corrected chi connectivity index (χ3v) is 3.67. The zero-order valence-electron chi connectivity index (χ0n) is 11.6. The molecule has 8 heteroatoms. The average Bonchev–Trinajstić information content (AvgIpc) is 2.52. The van der Waals surface area contributed by atoms with Crippen molar-refractivity contribution in [3.63, 3.8) is 0 Å². The number of rotatable bonds is 5. The third kappa shape index (κ3) is 5.42. The maximum atomic E-state index is 11.6. The third-order valence-electron chi connectivity index (χ3n) is 2.63. The fourth-order valence-corrected chi connectivity index (χ4v) is 2.38. The monoisotopic (exact) mass is 416 g/mol. The Morgan fingerprint density at radius 3 is 2.52 bits per heavy atom. The van der Waals surface area contributed by atoms with Gasteiger partial charge in [-0.15, -0.1) is 0 Å². The molecule has 2 N–H and O–H groups in total. The Kier molecular flexibility index (Phi) is 6.27. The molecule has 2 aromatic rings. The molecule has 0 atom stereocenters. The number of oxime groups is 1. The van der Waals surface area contributed by atoms with E-state index in [1.54, 1.807) is 42.5 Å². The summed E-state index contributed by atoms with van der Waals surface area (Å²) in [6, 6.07) is 11.6. The van der Waals surface area contributed by atoms with Crippen molar-refractivity contribution in [3.05, 3.63) is 62.5 Å². The predicted octanol–water partition coefficient (Wildman–Crippen LogP) is 4.00. The highest BCUT2D eigenvalue weighted by Gasteiger charge is 2.08. The number of benzene rings is 2. The molecule has 0 aliphatic heterocycles. The van der Waals surface area contributed by atoms with E-state index in [2.05, 4.69) is 25.9 Å². The lowest BCUT2D eigenvalue weighted by Crippen LogP contribution is -2.18. The zero-order valence-corrected chi connectivity index (χ0v) is 14.7. The first-order valence-electron chi connectivity index (χ1n) is 6.33. The van der Waals surface area contributed by atoms with Crippen molar-refractivity contribution in [3.8, 4) is 5.75 Å². The van der Waals surface area contributed by atoms with Gasteiger partial charge in [0.2, 0.25) is 0 Å². The first kappa shape index (κ1) is 17.6. The lowest BCUT2D eigenvalue weighted by atomic mass is 10.2. The Morgan fingerprint density at radius 2 is 1.87 bits per heavy atom. The molecule has 0 aliphatic carbocycles. The van der Waals surface area contributed by atoms with Crippen molar-refractivity contribution in [1.82, 2.24) is 0 Å². The van der Waals surface area contributed by atoms with Gasteiger partial charge in [-0.1, -0.05) is 44.3 Å². The number of nitrogens with zero attached hydrogens (tertiary/aromatic N) is 1. The zero-order chi connectivity index (χ0) is 16.8. The lowest BCUT2D eigenvalue weighted by molar-refractivity contribution is -0.146. The van der Waals surface area contributed by atoms with Crippen LogP contribution < -0.4 is 10.5 Å². The lowest BCUT2D eigenvalue weighted by Gasteiger charge is -2.06. The van der Waals surface area contributed by atoms with E-state index in [9.17, 15) is 4.79 Å². The molecule has 120 valence electrons. The largest absolute Gasteiger partial charge is 0.480 e. The van der Waals surface area contributed by atoms with Crippen LogP contribution in [0.3, 0.4) is 0 Å². The fourth-order valence-electron chi connectivity index (χ4n) is 1.53. The van der Waals surface area contributed by atoms with Crippen molar-refractivity contribution in [2.24, 2.45) is 10.9 Å². The van der Waals surface area contributed by atoms with E-state index in [-0.39, 0.29) is 12.4 Å². The highest BCUT2D eigenvalue weighted by Crippen LogP contribution is 2.27. The highest BCUT2D eigenvalue weighted by atomic mass is 79.9. The molecule has 0 amide bonds. The van der Waals surface area contributed by atoms with Gasteiger partial charge in [0.1, 0.15) is 5.75 Å². The average molecular weight is 418 g/mol. The first-order chi connectivity index (χ1) is 11.0. The van der Waals surface area contributed by atoms with E-state index >= 15 is 0 Å². The fraction of sp³-hybridized carbons (Fsp3) is 0.0667. The smallest absolute Gasteiger partial charge is 0.372 e. The van der Waals surface area contributed by atoms with Gasteiger partial charge in [0.15, 0.2) is 12.4 Å². The first-order valence-corrected chi connectivity index (χ1v) is 7.87. The minimum atomic E-state index is -0.708. The number of hydrogen-bond donors (Lipinski definition) is 1. The molecular weight excluding hydrogens is 407 g/mol. The number of carbonyl (C=O) groups excluding carboxylic acids is 1. The minimum Gasteiger partial charge on any atom is -0.480 e. The molecule has 5 nitrogen and oxygen atoms in total. The minimum absolute atomic E-state index is 0.0525. The second-order valence-corrected chi connectivity index (χ2v) is 6.07. The Bertz CT molecular complexity index is 736. The maximum absolute atomic E-state index is 11.6. The van der Waals surface area contributed by atoms with Crippen LogP contribution in [0.5, 0.6) is 5.75 Å². The van der Waals surface area contributed by atoms with Crippen molar-refractivity contribution in [2.75, 3.05) is 6.61 Å².